The van der Waals surface area contributed by atoms with Gasteiger partial charge in [0, 0.05) is 24.0 Å². The van der Waals surface area contributed by atoms with E-state index in [1.165, 1.54) is 41.0 Å². The molecule has 8 nitrogen and oxygen atoms in total. The van der Waals surface area contributed by atoms with Gasteiger partial charge >= 0.3 is 6.18 Å². The first-order chi connectivity index (χ1) is 14.5. The number of alkyl halides is 3. The molecule has 1 amide bonds. The summed E-state index contributed by atoms with van der Waals surface area (Å²) in [5.74, 6) is -0.708. The average molecular weight is 481 g/mol. The fraction of sp³-hybridized carbons (Fsp3) is 0.444. The van der Waals surface area contributed by atoms with Crippen molar-refractivity contribution in [3.63, 3.8) is 0 Å². The second kappa shape index (κ2) is 9.55. The van der Waals surface area contributed by atoms with Gasteiger partial charge in [0.1, 0.15) is 13.3 Å². The molecule has 31 heavy (non-hydrogen) atoms. The van der Waals surface area contributed by atoms with Crippen molar-refractivity contribution in [1.29, 1.82) is 0 Å². The third kappa shape index (κ3) is 6.42. The molecule has 0 spiro atoms. The number of benzene rings is 1. The Hall–Kier alpha value is -2.15. The number of carbonyl (C=O) groups is 1. The minimum absolute atomic E-state index is 0.139. The lowest BCUT2D eigenvalue weighted by Gasteiger charge is -2.30. The van der Waals surface area contributed by atoms with Gasteiger partial charge < -0.3 is 10.1 Å². The topological polar surface area (TPSA) is 93.5 Å². The Kier molecular flexibility index (Phi) is 7.24. The van der Waals surface area contributed by atoms with Crippen molar-refractivity contribution < 1.29 is 31.1 Å². The molecule has 3 rings (SSSR count). The van der Waals surface area contributed by atoms with Crippen molar-refractivity contribution in [3.05, 3.63) is 41.7 Å². The zero-order chi connectivity index (χ0) is 22.6. The standard InChI is InChI=1S/C18H20ClF3N4O4S/c19-14-1-3-16(4-2-14)31(28,29)26-7-5-13(6-8-26)17(27)24-15-9-23-25(10-15)12-30-11-18(20,21)22/h1-4,9-10,13H,5-8,11-12H2,(H,24,27). The fourth-order valence-electron chi connectivity index (χ4n) is 3.11. The molecule has 0 aliphatic carbocycles. The van der Waals surface area contributed by atoms with Crippen molar-refractivity contribution in [3.8, 4) is 0 Å². The summed E-state index contributed by atoms with van der Waals surface area (Å²) in [6.45, 7) is -1.43. The van der Waals surface area contributed by atoms with E-state index in [0.717, 1.165) is 4.68 Å². The molecule has 1 saturated heterocycles. The molecule has 1 aliphatic heterocycles. The zero-order valence-electron chi connectivity index (χ0n) is 16.2. The predicted octanol–water partition coefficient (Wildman–Crippen LogP) is 3.11. The number of anilines is 1. The number of hydrogen-bond donors (Lipinski definition) is 1. The van der Waals surface area contributed by atoms with Crippen molar-refractivity contribution in [2.45, 2.75) is 30.6 Å². The maximum Gasteiger partial charge on any atom is 0.411 e. The lowest BCUT2D eigenvalue weighted by molar-refractivity contribution is -0.182. The minimum atomic E-state index is -4.43. The number of nitrogens with zero attached hydrogens (tertiary/aromatic N) is 3. The van der Waals surface area contributed by atoms with Crippen LogP contribution in [-0.4, -0.2) is 54.3 Å². The van der Waals surface area contributed by atoms with Crippen molar-refractivity contribution in [2.24, 2.45) is 5.92 Å². The third-order valence-electron chi connectivity index (χ3n) is 4.67. The zero-order valence-corrected chi connectivity index (χ0v) is 17.8. The van der Waals surface area contributed by atoms with Gasteiger partial charge in [-0.05, 0) is 37.1 Å². The average Bonchev–Trinajstić information content (AvgIpc) is 3.14. The van der Waals surface area contributed by atoms with Gasteiger partial charge in [0.2, 0.25) is 15.9 Å². The van der Waals surface area contributed by atoms with E-state index in [1.807, 2.05) is 0 Å². The Morgan fingerprint density at radius 1 is 1.23 bits per heavy atom. The SMILES string of the molecule is O=C(Nc1cnn(COCC(F)(F)F)c1)C1CCN(S(=O)(=O)c2ccc(Cl)cc2)CC1. The predicted molar refractivity (Wildman–Crippen MR) is 106 cm³/mol. The second-order valence-corrected chi connectivity index (χ2v) is 9.36. The molecule has 2 aromatic rings. The number of ether oxygens (including phenoxy) is 1. The molecule has 0 atom stereocenters. The Balaban J connectivity index is 1.50. The van der Waals surface area contributed by atoms with Gasteiger partial charge in [-0.1, -0.05) is 11.6 Å². The summed E-state index contributed by atoms with van der Waals surface area (Å²) < 4.78 is 68.7. The summed E-state index contributed by atoms with van der Waals surface area (Å²) in [4.78, 5) is 12.6. The summed E-state index contributed by atoms with van der Waals surface area (Å²) >= 11 is 5.80. The lowest BCUT2D eigenvalue weighted by Crippen LogP contribution is -2.41. The summed E-state index contributed by atoms with van der Waals surface area (Å²) in [6.07, 6.45) is -1.10. The van der Waals surface area contributed by atoms with Gasteiger partial charge in [0.25, 0.3) is 0 Å². The highest BCUT2D eigenvalue weighted by Crippen LogP contribution is 2.25. The number of aromatic nitrogens is 2. The van der Waals surface area contributed by atoms with Crippen LogP contribution in [0.5, 0.6) is 0 Å². The van der Waals surface area contributed by atoms with Crippen LogP contribution in [0, 0.1) is 5.92 Å². The lowest BCUT2D eigenvalue weighted by atomic mass is 9.97. The monoisotopic (exact) mass is 480 g/mol. The maximum atomic E-state index is 12.7. The van der Waals surface area contributed by atoms with Gasteiger partial charge in [0.15, 0.2) is 0 Å². The molecule has 1 N–H and O–H groups in total. The molecule has 1 fully saturated rings. The van der Waals surface area contributed by atoms with Crippen LogP contribution in [0.2, 0.25) is 5.02 Å². The summed E-state index contributed by atoms with van der Waals surface area (Å²) in [7, 11) is -3.67. The highest BCUT2D eigenvalue weighted by molar-refractivity contribution is 7.89. The van der Waals surface area contributed by atoms with Gasteiger partial charge in [-0.25, -0.2) is 13.1 Å². The third-order valence-corrected chi connectivity index (χ3v) is 6.83. The van der Waals surface area contributed by atoms with Crippen LogP contribution in [0.15, 0.2) is 41.6 Å². The Bertz CT molecular complexity index is 1000. The number of amides is 1. The highest BCUT2D eigenvalue weighted by Gasteiger charge is 2.32. The molecule has 2 heterocycles. The van der Waals surface area contributed by atoms with Crippen LogP contribution in [0.1, 0.15) is 12.8 Å². The normalized spacial score (nSPS) is 16.4. The van der Waals surface area contributed by atoms with Crippen molar-refractivity contribution in [2.75, 3.05) is 25.0 Å². The number of hydrogen-bond acceptors (Lipinski definition) is 5. The minimum Gasteiger partial charge on any atom is -0.350 e. The first kappa shape index (κ1) is 23.5. The fourth-order valence-corrected chi connectivity index (χ4v) is 4.71. The van der Waals surface area contributed by atoms with E-state index in [4.69, 9.17) is 11.6 Å². The van der Waals surface area contributed by atoms with E-state index in [-0.39, 0.29) is 23.9 Å². The van der Waals surface area contributed by atoms with E-state index >= 15 is 0 Å². The summed E-state index contributed by atoms with van der Waals surface area (Å²) in [5, 5.41) is 6.91. The van der Waals surface area contributed by atoms with Gasteiger partial charge in [-0.15, -0.1) is 0 Å². The molecular formula is C18H20ClF3N4O4S. The van der Waals surface area contributed by atoms with Gasteiger partial charge in [-0.3, -0.25) is 4.79 Å². The van der Waals surface area contributed by atoms with E-state index in [2.05, 4.69) is 15.2 Å². The molecular weight excluding hydrogens is 461 g/mol. The number of piperidine rings is 1. The van der Waals surface area contributed by atoms with Crippen LogP contribution in [-0.2, 0) is 26.3 Å². The number of rotatable bonds is 7. The number of nitrogens with one attached hydrogen (secondary N) is 1. The molecule has 0 saturated carbocycles. The molecule has 170 valence electrons. The first-order valence-corrected chi connectivity index (χ1v) is 11.1. The van der Waals surface area contributed by atoms with Crippen LogP contribution in [0.25, 0.3) is 0 Å². The molecule has 0 radical (unpaired) electrons. The number of halogens is 4. The molecule has 1 aromatic heterocycles. The summed E-state index contributed by atoms with van der Waals surface area (Å²) in [5.41, 5.74) is 0.317. The Morgan fingerprint density at radius 2 is 1.87 bits per heavy atom. The van der Waals surface area contributed by atoms with Gasteiger partial charge in [-0.2, -0.15) is 22.6 Å². The van der Waals surface area contributed by atoms with Crippen molar-refractivity contribution in [1.82, 2.24) is 14.1 Å². The van der Waals surface area contributed by atoms with Crippen LogP contribution in [0.3, 0.4) is 0 Å². The smallest absolute Gasteiger partial charge is 0.350 e. The van der Waals surface area contributed by atoms with E-state index in [1.54, 1.807) is 0 Å². The first-order valence-electron chi connectivity index (χ1n) is 9.28. The number of carbonyl (C=O) groups excluding carboxylic acids is 1. The Morgan fingerprint density at radius 3 is 2.48 bits per heavy atom. The number of sulfonamides is 1. The highest BCUT2D eigenvalue weighted by atomic mass is 35.5. The Labute approximate surface area is 182 Å². The van der Waals surface area contributed by atoms with Crippen LogP contribution in [0.4, 0.5) is 18.9 Å². The molecule has 13 heteroatoms. The molecule has 1 aromatic carbocycles. The summed E-state index contributed by atoms with van der Waals surface area (Å²) in [6, 6.07) is 5.88. The van der Waals surface area contributed by atoms with Crippen LogP contribution >= 0.6 is 11.6 Å². The maximum absolute atomic E-state index is 12.7. The second-order valence-electron chi connectivity index (χ2n) is 6.98. The van der Waals surface area contributed by atoms with Crippen LogP contribution < -0.4 is 5.32 Å². The largest absolute Gasteiger partial charge is 0.411 e. The van der Waals surface area contributed by atoms with E-state index in [9.17, 15) is 26.4 Å². The molecule has 0 unspecified atom stereocenters. The van der Waals surface area contributed by atoms with Crippen molar-refractivity contribution >= 4 is 33.2 Å². The van der Waals surface area contributed by atoms with E-state index in [0.29, 0.717) is 23.6 Å². The van der Waals surface area contributed by atoms with Gasteiger partial charge in [0.05, 0.1) is 23.0 Å². The quantitative estimate of drug-likeness (QED) is 0.657. The molecule has 1 aliphatic rings. The van der Waals surface area contributed by atoms with E-state index < -0.39 is 35.5 Å². The molecule has 0 bridgehead atoms.